The average molecular weight is 442 g/mol. The quantitative estimate of drug-likeness (QED) is 0.410. The lowest BCUT2D eigenvalue weighted by Crippen LogP contribution is -2.43. The van der Waals surface area contributed by atoms with Gasteiger partial charge in [-0.1, -0.05) is 44.2 Å². The molecule has 2 rings (SSSR count). The second-order valence-corrected chi connectivity index (χ2v) is 6.10. The molecule has 0 atom stereocenters. The Morgan fingerprint density at radius 3 is 2.50 bits per heavy atom. The molecule has 24 heavy (non-hydrogen) atoms. The predicted octanol–water partition coefficient (Wildman–Crippen LogP) is 2.47. The molecule has 1 heterocycles. The number of aromatic nitrogens is 3. The molecule has 0 fully saturated rings. The lowest BCUT2D eigenvalue weighted by molar-refractivity contribution is 0.508. The van der Waals surface area contributed by atoms with E-state index in [2.05, 4.69) is 70.7 Å². The van der Waals surface area contributed by atoms with Gasteiger partial charge in [0.1, 0.15) is 18.7 Å². The van der Waals surface area contributed by atoms with Crippen LogP contribution in [0.5, 0.6) is 0 Å². The Morgan fingerprint density at radius 2 is 1.92 bits per heavy atom. The van der Waals surface area contributed by atoms with Crippen molar-refractivity contribution in [2.24, 2.45) is 12.0 Å². The number of rotatable bonds is 6. The first-order valence-electron chi connectivity index (χ1n) is 7.93. The summed E-state index contributed by atoms with van der Waals surface area (Å²) >= 11 is 0. The second-order valence-electron chi connectivity index (χ2n) is 6.10. The Labute approximate surface area is 161 Å². The van der Waals surface area contributed by atoms with E-state index < -0.39 is 0 Å². The van der Waals surface area contributed by atoms with Crippen LogP contribution in [0, 0.1) is 0 Å². The molecule has 0 amide bonds. The Morgan fingerprint density at radius 1 is 1.21 bits per heavy atom. The van der Waals surface area contributed by atoms with Crippen molar-refractivity contribution in [1.29, 1.82) is 0 Å². The zero-order chi connectivity index (χ0) is 16.7. The third-order valence-corrected chi connectivity index (χ3v) is 3.78. The van der Waals surface area contributed by atoms with Crippen LogP contribution < -0.4 is 10.6 Å². The first-order valence-corrected chi connectivity index (χ1v) is 7.93. The van der Waals surface area contributed by atoms with E-state index in [0.717, 1.165) is 24.9 Å². The van der Waals surface area contributed by atoms with E-state index >= 15 is 0 Å². The highest BCUT2D eigenvalue weighted by atomic mass is 127. The Bertz CT molecular complexity index is 636. The molecule has 6 nitrogen and oxygen atoms in total. The summed E-state index contributed by atoms with van der Waals surface area (Å²) in [7, 11) is 1.87. The van der Waals surface area contributed by atoms with Crippen LogP contribution in [0.4, 0.5) is 0 Å². The number of aryl methyl sites for hydroxylation is 1. The molecule has 0 aliphatic carbocycles. The highest BCUT2D eigenvalue weighted by Gasteiger charge is 2.20. The van der Waals surface area contributed by atoms with Gasteiger partial charge >= 0.3 is 0 Å². The van der Waals surface area contributed by atoms with Gasteiger partial charge < -0.3 is 10.6 Å². The normalized spacial score (nSPS) is 11.8. The maximum atomic E-state index is 4.58. The van der Waals surface area contributed by atoms with Crippen LogP contribution >= 0.6 is 24.0 Å². The smallest absolute Gasteiger partial charge is 0.191 e. The molecule has 0 unspecified atom stereocenters. The highest BCUT2D eigenvalue weighted by Crippen LogP contribution is 2.21. The molecule has 0 spiro atoms. The summed E-state index contributed by atoms with van der Waals surface area (Å²) in [4.78, 5) is 8.78. The van der Waals surface area contributed by atoms with Crippen LogP contribution in [0.2, 0.25) is 0 Å². The van der Waals surface area contributed by atoms with E-state index in [1.807, 2.05) is 13.1 Å². The van der Waals surface area contributed by atoms with Gasteiger partial charge in [-0.25, -0.2) is 9.98 Å². The second kappa shape index (κ2) is 9.61. The van der Waals surface area contributed by atoms with Gasteiger partial charge in [-0.3, -0.25) is 4.68 Å². The largest absolute Gasteiger partial charge is 0.357 e. The standard InChI is InChI=1S/C17H26N6.HI/c1-5-18-16(19-11-15-21-13-22-23(15)4)20-12-17(2,3)14-9-7-6-8-10-14;/h6-10,13H,5,11-12H2,1-4H3,(H2,18,19,20);1H. The number of halogens is 1. The molecular weight excluding hydrogens is 415 g/mol. The maximum absolute atomic E-state index is 4.58. The molecule has 0 bridgehead atoms. The third kappa shape index (κ3) is 5.77. The summed E-state index contributed by atoms with van der Waals surface area (Å²) in [5.41, 5.74) is 1.32. The van der Waals surface area contributed by atoms with Crippen LogP contribution in [0.15, 0.2) is 41.7 Å². The maximum Gasteiger partial charge on any atom is 0.191 e. The fourth-order valence-corrected chi connectivity index (χ4v) is 2.25. The number of hydrogen-bond acceptors (Lipinski definition) is 3. The number of guanidine groups is 1. The van der Waals surface area contributed by atoms with Crippen molar-refractivity contribution in [3.63, 3.8) is 0 Å². The minimum absolute atomic E-state index is 0. The molecule has 0 saturated heterocycles. The average Bonchev–Trinajstić information content (AvgIpc) is 2.96. The van der Waals surface area contributed by atoms with E-state index in [0.29, 0.717) is 6.54 Å². The summed E-state index contributed by atoms with van der Waals surface area (Å²) in [6, 6.07) is 10.5. The van der Waals surface area contributed by atoms with Crippen molar-refractivity contribution in [1.82, 2.24) is 25.4 Å². The molecule has 0 saturated carbocycles. The molecule has 0 aliphatic heterocycles. The third-order valence-electron chi connectivity index (χ3n) is 3.78. The summed E-state index contributed by atoms with van der Waals surface area (Å²) in [6.45, 7) is 8.61. The summed E-state index contributed by atoms with van der Waals surface area (Å²) in [5, 5.41) is 10.8. The van der Waals surface area contributed by atoms with Crippen molar-refractivity contribution in [3.8, 4) is 0 Å². The number of nitrogens with zero attached hydrogens (tertiary/aromatic N) is 4. The van der Waals surface area contributed by atoms with Gasteiger partial charge in [0.15, 0.2) is 5.96 Å². The zero-order valence-corrected chi connectivity index (χ0v) is 17.1. The van der Waals surface area contributed by atoms with Crippen molar-refractivity contribution >= 4 is 29.9 Å². The molecule has 0 radical (unpaired) electrons. The van der Waals surface area contributed by atoms with Crippen LogP contribution in [0.25, 0.3) is 0 Å². The number of nitrogens with one attached hydrogen (secondary N) is 2. The van der Waals surface area contributed by atoms with E-state index in [1.165, 1.54) is 5.56 Å². The molecule has 1 aromatic heterocycles. The highest BCUT2D eigenvalue weighted by molar-refractivity contribution is 14.0. The van der Waals surface area contributed by atoms with Crippen LogP contribution in [0.1, 0.15) is 32.2 Å². The topological polar surface area (TPSA) is 67.1 Å². The summed E-state index contributed by atoms with van der Waals surface area (Å²) < 4.78 is 1.74. The minimum Gasteiger partial charge on any atom is -0.357 e. The first kappa shape index (κ1) is 20.4. The van der Waals surface area contributed by atoms with Gasteiger partial charge in [-0.15, -0.1) is 24.0 Å². The van der Waals surface area contributed by atoms with Gasteiger partial charge in [0.25, 0.3) is 0 Å². The van der Waals surface area contributed by atoms with Gasteiger partial charge in [-0.2, -0.15) is 5.10 Å². The summed E-state index contributed by atoms with van der Waals surface area (Å²) in [5.74, 6) is 1.63. The van der Waals surface area contributed by atoms with Crippen molar-refractivity contribution < 1.29 is 0 Å². The molecule has 7 heteroatoms. The number of benzene rings is 1. The van der Waals surface area contributed by atoms with Crippen LogP contribution in [-0.4, -0.2) is 33.8 Å². The van der Waals surface area contributed by atoms with E-state index in [-0.39, 0.29) is 29.4 Å². The molecule has 2 aromatic rings. The van der Waals surface area contributed by atoms with Crippen molar-refractivity contribution in [3.05, 3.63) is 48.0 Å². The van der Waals surface area contributed by atoms with Gasteiger partial charge in [0.05, 0.1) is 0 Å². The fraction of sp³-hybridized carbons (Fsp3) is 0.471. The molecule has 0 aliphatic rings. The first-order chi connectivity index (χ1) is 11.0. The van der Waals surface area contributed by atoms with E-state index in [1.54, 1.807) is 11.0 Å². The zero-order valence-electron chi connectivity index (χ0n) is 14.8. The van der Waals surface area contributed by atoms with Gasteiger partial charge in [0, 0.05) is 25.6 Å². The molecular formula is C17H27IN6. The molecule has 132 valence electrons. The van der Waals surface area contributed by atoms with Crippen molar-refractivity contribution in [2.75, 3.05) is 13.1 Å². The predicted molar refractivity (Wildman–Crippen MR) is 109 cm³/mol. The van der Waals surface area contributed by atoms with E-state index in [9.17, 15) is 0 Å². The van der Waals surface area contributed by atoms with Gasteiger partial charge in [-0.05, 0) is 12.5 Å². The lowest BCUT2D eigenvalue weighted by Gasteiger charge is -2.26. The van der Waals surface area contributed by atoms with Crippen molar-refractivity contribution in [2.45, 2.75) is 32.7 Å². The van der Waals surface area contributed by atoms with Gasteiger partial charge in [0.2, 0.25) is 0 Å². The van der Waals surface area contributed by atoms with Crippen LogP contribution in [0.3, 0.4) is 0 Å². The monoisotopic (exact) mass is 442 g/mol. The summed E-state index contributed by atoms with van der Waals surface area (Å²) in [6.07, 6.45) is 1.55. The molecule has 2 N–H and O–H groups in total. The Balaban J connectivity index is 0.00000288. The molecule has 1 aromatic carbocycles. The minimum atomic E-state index is 0. The number of aliphatic imine (C=N–C) groups is 1. The van der Waals surface area contributed by atoms with Crippen LogP contribution in [-0.2, 0) is 19.0 Å². The Hall–Kier alpha value is -1.64. The fourth-order valence-electron chi connectivity index (χ4n) is 2.25. The number of hydrogen-bond donors (Lipinski definition) is 2. The van der Waals surface area contributed by atoms with E-state index in [4.69, 9.17) is 0 Å². The SMILES string of the molecule is CCNC(=NCc1ncnn1C)NCC(C)(C)c1ccccc1.I. The lowest BCUT2D eigenvalue weighted by atomic mass is 9.85. The Kier molecular flexibility index (Phi) is 8.17.